The minimum atomic E-state index is -0.895. The zero-order chi connectivity index (χ0) is 26.7. The number of benzene rings is 1. The van der Waals surface area contributed by atoms with Gasteiger partial charge >= 0.3 is 11.9 Å². The van der Waals surface area contributed by atoms with Gasteiger partial charge in [-0.15, -0.1) is 11.3 Å². The maximum absolute atomic E-state index is 15.1. The van der Waals surface area contributed by atoms with Crippen LogP contribution in [0.5, 0.6) is 5.88 Å². The average molecular weight is 549 g/mol. The van der Waals surface area contributed by atoms with Crippen LogP contribution in [0.1, 0.15) is 34.1 Å². The van der Waals surface area contributed by atoms with E-state index < -0.39 is 29.6 Å². The topological polar surface area (TPSA) is 131 Å². The Kier molecular flexibility index (Phi) is 7.64. The Hall–Kier alpha value is -4.10. The number of hydrazine groups is 1. The molecule has 0 aliphatic heterocycles. The number of nitrogens with zero attached hydrogens (tertiary/aromatic N) is 3. The van der Waals surface area contributed by atoms with Crippen LogP contribution in [0.25, 0.3) is 21.7 Å². The van der Waals surface area contributed by atoms with Crippen molar-refractivity contribution in [3.05, 3.63) is 69.6 Å². The molecule has 0 saturated heterocycles. The second-order valence-corrected chi connectivity index (χ2v) is 9.36. The van der Waals surface area contributed by atoms with Crippen LogP contribution in [0.15, 0.2) is 41.2 Å². The molecule has 192 valence electrons. The van der Waals surface area contributed by atoms with Crippen LogP contribution >= 0.6 is 22.9 Å². The number of carbonyl (C=O) groups excluding carboxylic acids is 2. The number of rotatable bonds is 6. The van der Waals surface area contributed by atoms with Crippen LogP contribution < -0.4 is 20.9 Å². The molecule has 3 aromatic heterocycles. The van der Waals surface area contributed by atoms with E-state index in [0.717, 1.165) is 10.9 Å². The Morgan fingerprint density at radius 3 is 2.54 bits per heavy atom. The second kappa shape index (κ2) is 10.9. The number of aromatic nitrogens is 3. The molecule has 0 aliphatic rings. The van der Waals surface area contributed by atoms with Crippen molar-refractivity contribution < 1.29 is 27.6 Å². The van der Waals surface area contributed by atoms with Crippen LogP contribution in [0.3, 0.4) is 0 Å². The van der Waals surface area contributed by atoms with Crippen molar-refractivity contribution in [2.75, 3.05) is 7.11 Å². The normalized spacial score (nSPS) is 11.6. The van der Waals surface area contributed by atoms with E-state index in [2.05, 4.69) is 31.3 Å². The lowest BCUT2D eigenvalue weighted by Gasteiger charge is -2.16. The number of pyridine rings is 1. The highest BCUT2D eigenvalue weighted by atomic mass is 35.5. The molecule has 3 heterocycles. The number of hydrogen-bond acceptors (Lipinski definition) is 8. The zero-order valence-electron chi connectivity index (χ0n) is 19.6. The summed E-state index contributed by atoms with van der Waals surface area (Å²) >= 11 is 7.36. The summed E-state index contributed by atoms with van der Waals surface area (Å²) in [6, 6.07) is 3.34. The summed E-state index contributed by atoms with van der Waals surface area (Å²) in [7, 11) is 1.35. The molecule has 0 bridgehead atoms. The van der Waals surface area contributed by atoms with Crippen LogP contribution in [0, 0.1) is 18.6 Å². The predicted octanol–water partition coefficient (Wildman–Crippen LogP) is 4.81. The lowest BCUT2D eigenvalue weighted by atomic mass is 10.00. The maximum atomic E-state index is 15.1. The van der Waals surface area contributed by atoms with Crippen LogP contribution in [0.2, 0.25) is 5.02 Å². The van der Waals surface area contributed by atoms with Gasteiger partial charge in [-0.2, -0.15) is 0 Å². The number of halogens is 3. The standard InChI is InChI=1S/C23H19ClF2N6O4S/c1-10-8-28-22(37-10)19-14(5-13(24)6-15(19)25)12-4-16(26)20(27-9-12)11(2)29-23(34)31-30-21(33)17-7-18(35-3)32-36-17/h4-9,11H,1-3H3,(H,30,33)(H2,29,31,34). The van der Waals surface area contributed by atoms with E-state index in [9.17, 15) is 14.0 Å². The number of methoxy groups -OCH3 is 1. The third kappa shape index (κ3) is 5.84. The number of carbonyl (C=O) groups is 2. The number of thiazole rings is 1. The number of urea groups is 1. The molecular weight excluding hydrogens is 530 g/mol. The summed E-state index contributed by atoms with van der Waals surface area (Å²) in [5, 5.41) is 6.48. The summed E-state index contributed by atoms with van der Waals surface area (Å²) in [6.45, 7) is 3.34. The van der Waals surface area contributed by atoms with E-state index in [1.165, 1.54) is 49.8 Å². The van der Waals surface area contributed by atoms with Crippen molar-refractivity contribution in [2.45, 2.75) is 19.9 Å². The average Bonchev–Trinajstić information content (AvgIpc) is 3.51. The van der Waals surface area contributed by atoms with Crippen molar-refractivity contribution in [1.29, 1.82) is 0 Å². The van der Waals surface area contributed by atoms with Gasteiger partial charge in [0.2, 0.25) is 5.76 Å². The van der Waals surface area contributed by atoms with Gasteiger partial charge in [0.15, 0.2) is 0 Å². The number of ether oxygens (including phenoxy) is 1. The van der Waals surface area contributed by atoms with Crippen LogP contribution in [-0.4, -0.2) is 34.2 Å². The van der Waals surface area contributed by atoms with Gasteiger partial charge in [0.1, 0.15) is 16.6 Å². The molecular formula is C23H19ClF2N6O4S. The van der Waals surface area contributed by atoms with E-state index in [0.29, 0.717) is 10.6 Å². The zero-order valence-corrected chi connectivity index (χ0v) is 21.1. The van der Waals surface area contributed by atoms with Crippen molar-refractivity contribution in [3.63, 3.8) is 0 Å². The van der Waals surface area contributed by atoms with Crippen molar-refractivity contribution in [1.82, 2.24) is 31.3 Å². The van der Waals surface area contributed by atoms with Gasteiger partial charge in [-0.25, -0.2) is 24.0 Å². The Morgan fingerprint density at radius 2 is 1.89 bits per heavy atom. The SMILES string of the molecule is COc1cc(C(=O)NNC(=O)NC(C)c2ncc(-c3cc(Cl)cc(F)c3-c3ncc(C)s3)cc2F)on1. The summed E-state index contributed by atoms with van der Waals surface area (Å²) < 4.78 is 39.5. The molecule has 3 amide bonds. The Morgan fingerprint density at radius 1 is 1.11 bits per heavy atom. The Bertz CT molecular complexity index is 1480. The Balaban J connectivity index is 1.48. The molecule has 0 spiro atoms. The summed E-state index contributed by atoms with van der Waals surface area (Å²) in [6.07, 6.45) is 2.96. The van der Waals surface area contributed by atoms with Crippen LogP contribution in [-0.2, 0) is 0 Å². The first kappa shape index (κ1) is 26.0. The number of hydrogen-bond donors (Lipinski definition) is 3. The molecule has 0 fully saturated rings. The Labute approximate surface area is 218 Å². The first-order valence-corrected chi connectivity index (χ1v) is 11.8. The van der Waals surface area contributed by atoms with E-state index in [-0.39, 0.29) is 33.5 Å². The van der Waals surface area contributed by atoms with Gasteiger partial charge in [0.25, 0.3) is 5.88 Å². The molecule has 0 aliphatic carbocycles. The van der Waals surface area contributed by atoms with Gasteiger partial charge in [-0.1, -0.05) is 11.6 Å². The highest BCUT2D eigenvalue weighted by molar-refractivity contribution is 7.15. The monoisotopic (exact) mass is 548 g/mol. The number of aryl methyl sites for hydroxylation is 1. The molecule has 0 saturated carbocycles. The third-order valence-electron chi connectivity index (χ3n) is 5.04. The fourth-order valence-corrected chi connectivity index (χ4v) is 4.37. The molecule has 1 aromatic carbocycles. The minimum Gasteiger partial charge on any atom is -0.479 e. The van der Waals surface area contributed by atoms with Gasteiger partial charge in [-0.3, -0.25) is 15.2 Å². The summed E-state index contributed by atoms with van der Waals surface area (Å²) in [4.78, 5) is 33.4. The largest absolute Gasteiger partial charge is 0.479 e. The summed E-state index contributed by atoms with van der Waals surface area (Å²) in [5.74, 6) is -2.24. The van der Waals surface area contributed by atoms with E-state index >= 15 is 4.39 Å². The molecule has 37 heavy (non-hydrogen) atoms. The smallest absolute Gasteiger partial charge is 0.334 e. The first-order chi connectivity index (χ1) is 17.7. The molecule has 3 N–H and O–H groups in total. The molecule has 4 rings (SSSR count). The quantitative estimate of drug-likeness (QED) is 0.294. The molecule has 1 atom stereocenters. The summed E-state index contributed by atoms with van der Waals surface area (Å²) in [5.41, 5.74) is 4.93. The van der Waals surface area contributed by atoms with Crippen LogP contribution in [0.4, 0.5) is 13.6 Å². The minimum absolute atomic E-state index is 0.0839. The second-order valence-electron chi connectivity index (χ2n) is 7.69. The van der Waals surface area contributed by atoms with Gasteiger partial charge in [0, 0.05) is 27.9 Å². The number of nitrogens with one attached hydrogen (secondary N) is 3. The van der Waals surface area contributed by atoms with E-state index in [1.54, 1.807) is 6.20 Å². The van der Waals surface area contributed by atoms with E-state index in [4.69, 9.17) is 20.9 Å². The molecule has 0 radical (unpaired) electrons. The van der Waals surface area contributed by atoms with Crippen molar-refractivity contribution in [2.24, 2.45) is 0 Å². The fraction of sp³-hybridized carbons (Fsp3) is 0.174. The molecule has 10 nitrogen and oxygen atoms in total. The molecule has 14 heteroatoms. The van der Waals surface area contributed by atoms with Gasteiger partial charge < -0.3 is 14.6 Å². The third-order valence-corrected chi connectivity index (χ3v) is 6.19. The molecule has 1 unspecified atom stereocenters. The maximum Gasteiger partial charge on any atom is 0.334 e. The fourth-order valence-electron chi connectivity index (χ4n) is 3.34. The lowest BCUT2D eigenvalue weighted by molar-refractivity contribution is 0.0898. The predicted molar refractivity (Wildman–Crippen MR) is 131 cm³/mol. The highest BCUT2D eigenvalue weighted by Crippen LogP contribution is 2.38. The molecule has 4 aromatic rings. The van der Waals surface area contributed by atoms with Crippen molar-refractivity contribution in [3.8, 4) is 27.6 Å². The highest BCUT2D eigenvalue weighted by Gasteiger charge is 2.21. The van der Waals surface area contributed by atoms with Gasteiger partial charge in [0.05, 0.1) is 30.5 Å². The number of amides is 3. The van der Waals surface area contributed by atoms with Gasteiger partial charge in [-0.05, 0) is 42.8 Å². The van der Waals surface area contributed by atoms with E-state index in [1.807, 2.05) is 6.92 Å². The first-order valence-electron chi connectivity index (χ1n) is 10.6. The lowest BCUT2D eigenvalue weighted by Crippen LogP contribution is -2.47. The van der Waals surface area contributed by atoms with Crippen molar-refractivity contribution >= 4 is 34.9 Å².